The van der Waals surface area contributed by atoms with Gasteiger partial charge in [-0.3, -0.25) is 9.69 Å². The zero-order valence-corrected chi connectivity index (χ0v) is 18.1. The number of benzene rings is 3. The van der Waals surface area contributed by atoms with Crippen molar-refractivity contribution in [2.45, 2.75) is 33.0 Å². The molecule has 0 aromatic heterocycles. The maximum Gasteiger partial charge on any atom is 0.248 e. The smallest absolute Gasteiger partial charge is 0.248 e. The summed E-state index contributed by atoms with van der Waals surface area (Å²) in [5.41, 5.74) is 10.4. The molecule has 0 heterocycles. The van der Waals surface area contributed by atoms with E-state index in [1.807, 2.05) is 61.5 Å². The molecule has 5 nitrogen and oxygen atoms in total. The van der Waals surface area contributed by atoms with Gasteiger partial charge in [0.1, 0.15) is 18.5 Å². The maximum atomic E-state index is 11.5. The van der Waals surface area contributed by atoms with Crippen LogP contribution in [0.25, 0.3) is 0 Å². The number of hydrogen-bond acceptors (Lipinski definition) is 4. The summed E-state index contributed by atoms with van der Waals surface area (Å²) < 4.78 is 5.76. The molecule has 31 heavy (non-hydrogen) atoms. The molecular weight excluding hydrogens is 388 g/mol. The van der Waals surface area contributed by atoms with Gasteiger partial charge in [0.25, 0.3) is 0 Å². The van der Waals surface area contributed by atoms with Crippen LogP contribution in [0.3, 0.4) is 0 Å². The first-order valence-corrected chi connectivity index (χ1v) is 10.4. The Kier molecular flexibility index (Phi) is 7.82. The molecule has 0 aliphatic rings. The fraction of sp³-hybridized carbons (Fsp3) is 0.269. The van der Waals surface area contributed by atoms with E-state index in [2.05, 4.69) is 24.0 Å². The molecule has 0 saturated carbocycles. The van der Waals surface area contributed by atoms with Gasteiger partial charge in [-0.05, 0) is 54.8 Å². The van der Waals surface area contributed by atoms with E-state index in [4.69, 9.17) is 10.5 Å². The molecule has 0 bridgehead atoms. The van der Waals surface area contributed by atoms with Crippen molar-refractivity contribution >= 4 is 5.91 Å². The molecule has 0 spiro atoms. The SMILES string of the molecule is Cc1ccc(OCC(O)CN(Cc2cccc(C(N)=O)c2)Cc2ccccc2C)cc1. The Morgan fingerprint density at radius 3 is 2.45 bits per heavy atom. The van der Waals surface area contributed by atoms with E-state index in [1.165, 1.54) is 11.1 Å². The average Bonchev–Trinajstić information content (AvgIpc) is 2.75. The van der Waals surface area contributed by atoms with Crippen molar-refractivity contribution in [1.29, 1.82) is 0 Å². The van der Waals surface area contributed by atoms with Crippen LogP contribution in [0.4, 0.5) is 0 Å². The molecule has 3 rings (SSSR count). The van der Waals surface area contributed by atoms with E-state index in [9.17, 15) is 9.90 Å². The van der Waals surface area contributed by atoms with Crippen LogP contribution in [0, 0.1) is 13.8 Å². The number of carbonyl (C=O) groups is 1. The van der Waals surface area contributed by atoms with Gasteiger partial charge in [-0.25, -0.2) is 0 Å². The van der Waals surface area contributed by atoms with Crippen LogP contribution < -0.4 is 10.5 Å². The van der Waals surface area contributed by atoms with Crippen LogP contribution >= 0.6 is 0 Å². The number of aryl methyl sites for hydroxylation is 2. The Labute approximate surface area is 184 Å². The lowest BCUT2D eigenvalue weighted by molar-refractivity contribution is 0.0627. The molecule has 0 aliphatic carbocycles. The second kappa shape index (κ2) is 10.8. The zero-order valence-electron chi connectivity index (χ0n) is 18.1. The molecule has 5 heteroatoms. The van der Waals surface area contributed by atoms with Gasteiger partial charge in [-0.15, -0.1) is 0 Å². The van der Waals surface area contributed by atoms with Crippen LogP contribution in [0.5, 0.6) is 5.75 Å². The lowest BCUT2D eigenvalue weighted by Gasteiger charge is -2.26. The highest BCUT2D eigenvalue weighted by molar-refractivity contribution is 5.92. The first-order chi connectivity index (χ1) is 14.9. The van der Waals surface area contributed by atoms with Gasteiger partial charge < -0.3 is 15.6 Å². The zero-order chi connectivity index (χ0) is 22.2. The third-order valence-corrected chi connectivity index (χ3v) is 5.21. The van der Waals surface area contributed by atoms with Crippen molar-refractivity contribution in [3.63, 3.8) is 0 Å². The minimum Gasteiger partial charge on any atom is -0.491 e. The number of aliphatic hydroxyl groups is 1. The number of nitrogens with two attached hydrogens (primary N) is 1. The number of ether oxygens (including phenoxy) is 1. The van der Waals surface area contributed by atoms with Crippen molar-refractivity contribution in [2.24, 2.45) is 5.73 Å². The summed E-state index contributed by atoms with van der Waals surface area (Å²) in [5.74, 6) is 0.295. The van der Waals surface area contributed by atoms with E-state index >= 15 is 0 Å². The Bertz CT molecular complexity index is 1000. The second-order valence-electron chi connectivity index (χ2n) is 7.94. The van der Waals surface area contributed by atoms with Gasteiger partial charge in [0, 0.05) is 25.2 Å². The van der Waals surface area contributed by atoms with E-state index in [1.54, 1.807) is 6.07 Å². The summed E-state index contributed by atoms with van der Waals surface area (Å²) in [6.45, 7) is 6.00. The van der Waals surface area contributed by atoms with Gasteiger partial charge in [0.2, 0.25) is 5.91 Å². The van der Waals surface area contributed by atoms with E-state index < -0.39 is 12.0 Å². The molecular formula is C26H30N2O3. The van der Waals surface area contributed by atoms with E-state index in [-0.39, 0.29) is 6.61 Å². The molecule has 1 unspecified atom stereocenters. The van der Waals surface area contributed by atoms with Crippen LogP contribution in [-0.2, 0) is 13.1 Å². The monoisotopic (exact) mass is 418 g/mol. The summed E-state index contributed by atoms with van der Waals surface area (Å²) >= 11 is 0. The lowest BCUT2D eigenvalue weighted by Crippen LogP contribution is -2.35. The number of nitrogens with zero attached hydrogens (tertiary/aromatic N) is 1. The molecule has 0 fully saturated rings. The number of rotatable bonds is 10. The van der Waals surface area contributed by atoms with E-state index in [0.717, 1.165) is 16.9 Å². The third kappa shape index (κ3) is 6.95. The summed E-state index contributed by atoms with van der Waals surface area (Å²) in [6.07, 6.45) is -0.662. The summed E-state index contributed by atoms with van der Waals surface area (Å²) in [6, 6.07) is 23.3. The number of primary amides is 1. The molecule has 3 aromatic rings. The molecule has 3 aromatic carbocycles. The highest BCUT2D eigenvalue weighted by atomic mass is 16.5. The number of amides is 1. The minimum absolute atomic E-state index is 0.203. The molecule has 1 amide bonds. The molecule has 0 saturated heterocycles. The molecule has 0 aliphatic heterocycles. The Hall–Kier alpha value is -3.15. The van der Waals surface area contributed by atoms with Gasteiger partial charge in [-0.1, -0.05) is 54.1 Å². The number of aliphatic hydroxyl groups excluding tert-OH is 1. The quantitative estimate of drug-likeness (QED) is 0.524. The van der Waals surface area contributed by atoms with Gasteiger partial charge >= 0.3 is 0 Å². The molecule has 0 radical (unpaired) electrons. The fourth-order valence-electron chi connectivity index (χ4n) is 3.47. The standard InChI is InChI=1S/C26H30N2O3/c1-19-10-12-25(13-11-19)31-18-24(29)17-28(16-23-8-4-3-6-20(23)2)15-21-7-5-9-22(14-21)26(27)30/h3-14,24,29H,15-18H2,1-2H3,(H2,27,30). The Morgan fingerprint density at radius 2 is 1.74 bits per heavy atom. The van der Waals surface area contributed by atoms with Gasteiger partial charge in [0.15, 0.2) is 0 Å². The normalized spacial score (nSPS) is 12.0. The largest absolute Gasteiger partial charge is 0.491 e. The molecule has 162 valence electrons. The van der Waals surface area contributed by atoms with Crippen LogP contribution in [0.2, 0.25) is 0 Å². The predicted octanol–water partition coefficient (Wildman–Crippen LogP) is 3.84. The van der Waals surface area contributed by atoms with Crippen LogP contribution in [0.1, 0.15) is 32.6 Å². The predicted molar refractivity (Wildman–Crippen MR) is 123 cm³/mol. The summed E-state index contributed by atoms with van der Waals surface area (Å²) in [5, 5.41) is 10.7. The summed E-state index contributed by atoms with van der Waals surface area (Å²) in [7, 11) is 0. The van der Waals surface area contributed by atoms with Crippen molar-refractivity contribution in [2.75, 3.05) is 13.2 Å². The van der Waals surface area contributed by atoms with Crippen molar-refractivity contribution in [1.82, 2.24) is 4.90 Å². The second-order valence-corrected chi connectivity index (χ2v) is 7.94. The van der Waals surface area contributed by atoms with Crippen LogP contribution in [0.15, 0.2) is 72.8 Å². The number of carbonyl (C=O) groups excluding carboxylic acids is 1. The average molecular weight is 419 g/mol. The Morgan fingerprint density at radius 1 is 1.00 bits per heavy atom. The van der Waals surface area contributed by atoms with Crippen molar-refractivity contribution in [3.8, 4) is 5.75 Å². The summed E-state index contributed by atoms with van der Waals surface area (Å²) in [4.78, 5) is 13.7. The van der Waals surface area contributed by atoms with Gasteiger partial charge in [-0.2, -0.15) is 0 Å². The fourth-order valence-corrected chi connectivity index (χ4v) is 3.47. The Balaban J connectivity index is 1.70. The highest BCUT2D eigenvalue weighted by Crippen LogP contribution is 2.16. The minimum atomic E-state index is -0.662. The molecule has 1 atom stereocenters. The van der Waals surface area contributed by atoms with Crippen molar-refractivity contribution in [3.05, 3.63) is 101 Å². The van der Waals surface area contributed by atoms with Crippen LogP contribution in [-0.4, -0.2) is 35.2 Å². The van der Waals surface area contributed by atoms with Gasteiger partial charge in [0.05, 0.1) is 0 Å². The molecule has 3 N–H and O–H groups in total. The number of hydrogen-bond donors (Lipinski definition) is 2. The first-order valence-electron chi connectivity index (χ1n) is 10.4. The maximum absolute atomic E-state index is 11.5. The highest BCUT2D eigenvalue weighted by Gasteiger charge is 2.15. The first kappa shape index (κ1) is 22.5. The lowest BCUT2D eigenvalue weighted by atomic mass is 10.1. The van der Waals surface area contributed by atoms with E-state index in [0.29, 0.717) is 25.2 Å². The topological polar surface area (TPSA) is 75.8 Å². The third-order valence-electron chi connectivity index (χ3n) is 5.21. The van der Waals surface area contributed by atoms with Crippen molar-refractivity contribution < 1.29 is 14.6 Å².